The number of hydrogen-bond donors (Lipinski definition) is 3. The van der Waals surface area contributed by atoms with Crippen LogP contribution in [0.2, 0.25) is 0 Å². The Labute approximate surface area is 373 Å². The highest BCUT2D eigenvalue weighted by Gasteiger charge is 2.34. The normalized spacial score (nSPS) is 12.0. The third kappa shape index (κ3) is 14.2. The second-order valence-corrected chi connectivity index (χ2v) is 16.7. The first kappa shape index (κ1) is 48.5. The minimum Gasteiger partial charge on any atom is -0.493 e. The number of carbonyl (C=O) groups is 5. The molecule has 0 aliphatic rings. The summed E-state index contributed by atoms with van der Waals surface area (Å²) in [4.78, 5) is 70.8. The lowest BCUT2D eigenvalue weighted by molar-refractivity contribution is -0.171. The van der Waals surface area contributed by atoms with Gasteiger partial charge in [0.15, 0.2) is 5.76 Å². The van der Waals surface area contributed by atoms with Crippen LogP contribution in [-0.4, -0.2) is 60.8 Å². The van der Waals surface area contributed by atoms with Gasteiger partial charge in [-0.25, -0.2) is 4.79 Å². The fraction of sp³-hybridized carbons (Fsp3) is 0.312. The second-order valence-electron chi connectivity index (χ2n) is 14.6. The van der Waals surface area contributed by atoms with Crippen LogP contribution in [0.15, 0.2) is 126 Å². The van der Waals surface area contributed by atoms with Crippen LogP contribution in [0, 0.1) is 5.92 Å². The van der Waals surface area contributed by atoms with Crippen LogP contribution in [0.1, 0.15) is 95.3 Å². The highest BCUT2D eigenvalue weighted by Crippen LogP contribution is 2.49. The number of amides is 4. The van der Waals surface area contributed by atoms with Crippen LogP contribution in [-0.2, 0) is 41.3 Å². The minimum absolute atomic E-state index is 0.00950. The number of nitrogens with zero attached hydrogens (tertiary/aromatic N) is 1. The van der Waals surface area contributed by atoms with Gasteiger partial charge >= 0.3 is 13.6 Å². The maximum atomic E-state index is 13.9. The molecule has 3 N–H and O–H groups in total. The molecule has 0 saturated carbocycles. The number of carbonyl (C=O) groups excluding carboxylic acids is 5. The SMILES string of the molecule is CCCCC[C@@H](C(=O)NCNC(=O)c1ccc(-c2ccc(C(=O)NCP(=O)(OCc3ccccc3)OCc3ccccc3)c(OCC)c2)o1)[C@@H](CC)N(C=O)OC(=O)c1ccccc1. The Balaban J connectivity index is 1.21. The molecular weight excluding hydrogens is 840 g/mol. The minimum atomic E-state index is -3.85. The molecule has 16 heteroatoms. The van der Waals surface area contributed by atoms with E-state index in [4.69, 9.17) is 23.0 Å². The average Bonchev–Trinajstić information content (AvgIpc) is 3.83. The maximum absolute atomic E-state index is 13.9. The van der Waals surface area contributed by atoms with Crippen molar-refractivity contribution in [2.75, 3.05) is 19.6 Å². The van der Waals surface area contributed by atoms with E-state index in [0.29, 0.717) is 37.0 Å². The number of rotatable bonds is 26. The summed E-state index contributed by atoms with van der Waals surface area (Å²) in [7, 11) is -3.85. The summed E-state index contributed by atoms with van der Waals surface area (Å²) < 4.78 is 37.3. The van der Waals surface area contributed by atoms with Crippen molar-refractivity contribution >= 4 is 37.7 Å². The lowest BCUT2D eigenvalue weighted by atomic mass is 9.90. The molecule has 15 nitrogen and oxygen atoms in total. The predicted octanol–water partition coefficient (Wildman–Crippen LogP) is 8.67. The van der Waals surface area contributed by atoms with Gasteiger partial charge in [-0.2, -0.15) is 5.06 Å². The van der Waals surface area contributed by atoms with Crippen LogP contribution in [0.4, 0.5) is 0 Å². The van der Waals surface area contributed by atoms with Gasteiger partial charge in [-0.1, -0.05) is 118 Å². The van der Waals surface area contributed by atoms with Crippen LogP contribution in [0.25, 0.3) is 11.3 Å². The van der Waals surface area contributed by atoms with Gasteiger partial charge in [-0.05, 0) is 67.3 Å². The summed E-state index contributed by atoms with van der Waals surface area (Å²) in [6, 6.07) is 33.7. The number of nitrogens with one attached hydrogen (secondary N) is 3. The molecule has 64 heavy (non-hydrogen) atoms. The van der Waals surface area contributed by atoms with Gasteiger partial charge in [0.2, 0.25) is 12.3 Å². The van der Waals surface area contributed by atoms with Gasteiger partial charge in [0, 0.05) is 5.56 Å². The van der Waals surface area contributed by atoms with Crippen molar-refractivity contribution in [2.45, 2.75) is 72.1 Å². The number of hydroxylamine groups is 2. The number of benzene rings is 4. The van der Waals surface area contributed by atoms with Gasteiger partial charge < -0.3 is 39.0 Å². The van der Waals surface area contributed by atoms with E-state index in [1.807, 2.05) is 67.6 Å². The van der Waals surface area contributed by atoms with Gasteiger partial charge in [-0.15, -0.1) is 0 Å². The molecule has 338 valence electrons. The molecule has 1 heterocycles. The molecule has 5 aromatic rings. The standard InChI is InChI=1S/C48H55N4O11P/c1-4-7-11-24-39(41(5-2)52(34-53)63-48(57)37-22-16-10-17-23-37)45(54)49-32-50-47(56)43-28-27-42(62-43)38-25-26-40(44(29-38)59-6-3)46(55)51-33-64(58,60-30-35-18-12-8-13-19-35)61-31-36-20-14-9-15-21-36/h8-10,12-23,25-29,34,39,41H,4-7,11,24,30-33H2,1-3H3,(H,49,54)(H,50,56)(H,51,55)/t39-,41-/m1/s1. The highest BCUT2D eigenvalue weighted by atomic mass is 31.2. The first-order valence-corrected chi connectivity index (χ1v) is 23.0. The lowest BCUT2D eigenvalue weighted by Gasteiger charge is -2.31. The molecule has 2 atom stereocenters. The fourth-order valence-corrected chi connectivity index (χ4v) is 8.00. The molecule has 0 fully saturated rings. The van der Waals surface area contributed by atoms with Crippen molar-refractivity contribution in [3.63, 3.8) is 0 Å². The zero-order valence-corrected chi connectivity index (χ0v) is 37.1. The van der Waals surface area contributed by atoms with E-state index in [1.165, 1.54) is 12.1 Å². The zero-order chi connectivity index (χ0) is 45.7. The molecule has 0 radical (unpaired) electrons. The Hall–Kier alpha value is -6.54. The summed E-state index contributed by atoms with van der Waals surface area (Å²) >= 11 is 0. The largest absolute Gasteiger partial charge is 0.493 e. The predicted molar refractivity (Wildman–Crippen MR) is 240 cm³/mol. The molecule has 0 unspecified atom stereocenters. The molecule has 4 aromatic carbocycles. The van der Waals surface area contributed by atoms with E-state index in [2.05, 4.69) is 16.0 Å². The number of ether oxygens (including phenoxy) is 1. The van der Waals surface area contributed by atoms with E-state index >= 15 is 0 Å². The number of hydrogen-bond acceptors (Lipinski definition) is 11. The van der Waals surface area contributed by atoms with E-state index in [0.717, 1.165) is 29.0 Å². The van der Waals surface area contributed by atoms with Crippen molar-refractivity contribution in [2.24, 2.45) is 5.92 Å². The first-order chi connectivity index (χ1) is 31.1. The molecule has 4 amide bonds. The second kappa shape index (κ2) is 24.9. The molecule has 1 aromatic heterocycles. The summed E-state index contributed by atoms with van der Waals surface area (Å²) in [5.74, 6) is -2.61. The quantitative estimate of drug-likeness (QED) is 0.0158. The Kier molecular flexibility index (Phi) is 18.9. The Morgan fingerprint density at radius 1 is 0.750 bits per heavy atom. The van der Waals surface area contributed by atoms with Crippen LogP contribution in [0.5, 0.6) is 5.75 Å². The Bertz CT molecular complexity index is 2280. The summed E-state index contributed by atoms with van der Waals surface area (Å²) in [6.45, 7) is 5.58. The monoisotopic (exact) mass is 894 g/mol. The van der Waals surface area contributed by atoms with E-state index in [1.54, 1.807) is 62.4 Å². The zero-order valence-electron chi connectivity index (χ0n) is 36.2. The van der Waals surface area contributed by atoms with Crippen molar-refractivity contribution in [1.29, 1.82) is 0 Å². The maximum Gasteiger partial charge on any atom is 0.363 e. The van der Waals surface area contributed by atoms with Crippen LogP contribution >= 0.6 is 7.60 Å². The molecule has 0 saturated heterocycles. The third-order valence-corrected chi connectivity index (χ3v) is 11.7. The smallest absolute Gasteiger partial charge is 0.363 e. The molecule has 5 rings (SSSR count). The van der Waals surface area contributed by atoms with Crippen molar-refractivity contribution in [1.82, 2.24) is 21.0 Å². The van der Waals surface area contributed by atoms with E-state index in [9.17, 15) is 28.5 Å². The van der Waals surface area contributed by atoms with Crippen molar-refractivity contribution in [3.8, 4) is 17.1 Å². The highest BCUT2D eigenvalue weighted by molar-refractivity contribution is 7.53. The van der Waals surface area contributed by atoms with E-state index in [-0.39, 0.29) is 49.1 Å². The number of unbranched alkanes of at least 4 members (excludes halogenated alkanes) is 2. The third-order valence-electron chi connectivity index (χ3n) is 10.1. The van der Waals surface area contributed by atoms with Gasteiger partial charge in [0.25, 0.3) is 11.8 Å². The van der Waals surface area contributed by atoms with Gasteiger partial charge in [0.05, 0.1) is 49.6 Å². The van der Waals surface area contributed by atoms with Gasteiger partial charge in [0.1, 0.15) is 17.8 Å². The summed E-state index contributed by atoms with van der Waals surface area (Å²) in [5, 5.41) is 8.96. The summed E-state index contributed by atoms with van der Waals surface area (Å²) in [5.41, 5.74) is 2.49. The molecule has 0 spiro atoms. The van der Waals surface area contributed by atoms with Crippen LogP contribution in [0.3, 0.4) is 0 Å². The molecule has 0 bridgehead atoms. The van der Waals surface area contributed by atoms with E-state index < -0.39 is 49.5 Å². The van der Waals surface area contributed by atoms with Crippen molar-refractivity contribution < 1.29 is 51.6 Å². The Morgan fingerprint density at radius 2 is 1.39 bits per heavy atom. The lowest BCUT2D eigenvalue weighted by Crippen LogP contribution is -2.49. The Morgan fingerprint density at radius 3 is 1.98 bits per heavy atom. The fourth-order valence-electron chi connectivity index (χ4n) is 6.71. The van der Waals surface area contributed by atoms with Crippen LogP contribution < -0.4 is 20.7 Å². The molecular formula is C48H55N4O11P. The topological polar surface area (TPSA) is 192 Å². The average molecular weight is 895 g/mol. The van der Waals surface area contributed by atoms with Crippen molar-refractivity contribution in [3.05, 3.63) is 149 Å². The molecule has 0 aliphatic heterocycles. The molecule has 0 aliphatic carbocycles. The number of furan rings is 1. The van der Waals surface area contributed by atoms with Gasteiger partial charge in [-0.3, -0.25) is 23.7 Å². The summed E-state index contributed by atoms with van der Waals surface area (Å²) in [6.07, 6.45) is 3.18. The first-order valence-electron chi connectivity index (χ1n) is 21.3.